The summed E-state index contributed by atoms with van der Waals surface area (Å²) in [5, 5.41) is 0. The van der Waals surface area contributed by atoms with E-state index >= 15 is 0 Å². The van der Waals surface area contributed by atoms with E-state index in [0.717, 1.165) is 18.7 Å². The summed E-state index contributed by atoms with van der Waals surface area (Å²) in [6.07, 6.45) is 1.59. The quantitative estimate of drug-likeness (QED) is 0.704. The highest BCUT2D eigenvalue weighted by atomic mass is 16.5. The van der Waals surface area contributed by atoms with Crippen LogP contribution in [0.2, 0.25) is 0 Å². The van der Waals surface area contributed by atoms with Gasteiger partial charge in [-0.1, -0.05) is 0 Å². The van der Waals surface area contributed by atoms with Crippen LogP contribution < -0.4 is 11.5 Å². The summed E-state index contributed by atoms with van der Waals surface area (Å²) in [6, 6.07) is 0. The Kier molecular flexibility index (Phi) is 3.33. The molecule has 16 heavy (non-hydrogen) atoms. The Morgan fingerprint density at radius 1 is 1.62 bits per heavy atom. The molecular weight excluding hydrogens is 206 g/mol. The average Bonchev–Trinajstić information content (AvgIpc) is 2.29. The van der Waals surface area contributed by atoms with E-state index in [4.69, 9.17) is 16.2 Å². The Morgan fingerprint density at radius 3 is 3.06 bits per heavy atom. The number of nitrogens with zero attached hydrogens (tertiary/aromatic N) is 3. The first-order valence-corrected chi connectivity index (χ1v) is 5.32. The third-order valence-corrected chi connectivity index (χ3v) is 2.69. The number of likely N-dealkylation sites (N-methyl/N-ethyl adjacent to an activating group) is 1. The first-order chi connectivity index (χ1) is 7.70. The molecule has 1 atom stereocenters. The minimum atomic E-state index is -0.0899. The zero-order valence-corrected chi connectivity index (χ0v) is 9.39. The Hall–Kier alpha value is -1.24. The number of anilines is 1. The molecule has 0 aromatic carbocycles. The summed E-state index contributed by atoms with van der Waals surface area (Å²) in [5.74, 6) is 1.09. The van der Waals surface area contributed by atoms with Crippen LogP contribution in [-0.4, -0.2) is 41.6 Å². The predicted molar refractivity (Wildman–Crippen MR) is 60.5 cm³/mol. The van der Waals surface area contributed by atoms with Crippen LogP contribution in [0.25, 0.3) is 0 Å². The fraction of sp³-hybridized carbons (Fsp3) is 0.600. The van der Waals surface area contributed by atoms with Crippen LogP contribution in [0, 0.1) is 0 Å². The van der Waals surface area contributed by atoms with E-state index in [1.54, 1.807) is 6.20 Å². The van der Waals surface area contributed by atoms with Crippen LogP contribution in [0.15, 0.2) is 6.20 Å². The molecule has 0 aliphatic carbocycles. The number of nitrogens with two attached hydrogens (primary N) is 2. The monoisotopic (exact) mass is 223 g/mol. The highest BCUT2D eigenvalue weighted by molar-refractivity contribution is 5.37. The average molecular weight is 223 g/mol. The molecule has 88 valence electrons. The lowest BCUT2D eigenvalue weighted by molar-refractivity contribution is -0.0254. The Balaban J connectivity index is 2.17. The second kappa shape index (κ2) is 4.73. The minimum absolute atomic E-state index is 0.0899. The number of ether oxygens (including phenoxy) is 1. The molecule has 1 fully saturated rings. The van der Waals surface area contributed by atoms with E-state index < -0.39 is 0 Å². The van der Waals surface area contributed by atoms with Crippen molar-refractivity contribution in [3.05, 3.63) is 17.6 Å². The second-order valence-corrected chi connectivity index (χ2v) is 3.96. The molecule has 0 bridgehead atoms. The van der Waals surface area contributed by atoms with E-state index in [2.05, 4.69) is 14.9 Å². The summed E-state index contributed by atoms with van der Waals surface area (Å²) in [4.78, 5) is 10.7. The third-order valence-electron chi connectivity index (χ3n) is 2.69. The Morgan fingerprint density at radius 2 is 2.44 bits per heavy atom. The van der Waals surface area contributed by atoms with Gasteiger partial charge in [0.05, 0.1) is 6.61 Å². The molecule has 0 spiro atoms. The number of hydrogen-bond donors (Lipinski definition) is 2. The van der Waals surface area contributed by atoms with E-state index in [0.29, 0.717) is 24.8 Å². The molecule has 1 aromatic rings. The normalized spacial score (nSPS) is 22.2. The molecule has 0 radical (unpaired) electrons. The van der Waals surface area contributed by atoms with Crippen molar-refractivity contribution in [3.8, 4) is 0 Å². The SMILES string of the molecule is CN1CCOC(c2ncc(CN)c(N)n2)C1. The highest BCUT2D eigenvalue weighted by Gasteiger charge is 2.22. The first-order valence-electron chi connectivity index (χ1n) is 5.32. The zero-order chi connectivity index (χ0) is 11.5. The smallest absolute Gasteiger partial charge is 0.160 e. The van der Waals surface area contributed by atoms with Gasteiger partial charge in [-0.15, -0.1) is 0 Å². The van der Waals surface area contributed by atoms with Crippen molar-refractivity contribution >= 4 is 5.82 Å². The predicted octanol–water partition coefficient (Wildman–Crippen LogP) is -0.479. The van der Waals surface area contributed by atoms with E-state index in [9.17, 15) is 0 Å². The fourth-order valence-electron chi connectivity index (χ4n) is 1.68. The van der Waals surface area contributed by atoms with Gasteiger partial charge in [0.1, 0.15) is 11.9 Å². The van der Waals surface area contributed by atoms with Crippen LogP contribution >= 0.6 is 0 Å². The standard InChI is InChI=1S/C10H17N5O/c1-15-2-3-16-8(6-15)10-13-5-7(4-11)9(12)14-10/h5,8H,2-4,6,11H2,1H3,(H2,12,13,14). The van der Waals surface area contributed by atoms with Gasteiger partial charge < -0.3 is 21.1 Å². The van der Waals surface area contributed by atoms with Crippen LogP contribution in [0.5, 0.6) is 0 Å². The van der Waals surface area contributed by atoms with Gasteiger partial charge in [0.25, 0.3) is 0 Å². The van der Waals surface area contributed by atoms with Crippen LogP contribution in [-0.2, 0) is 11.3 Å². The van der Waals surface area contributed by atoms with Crippen molar-refractivity contribution in [1.82, 2.24) is 14.9 Å². The zero-order valence-electron chi connectivity index (χ0n) is 9.39. The molecule has 1 aliphatic heterocycles. The molecule has 2 heterocycles. The Labute approximate surface area is 94.6 Å². The van der Waals surface area contributed by atoms with Crippen molar-refractivity contribution in [3.63, 3.8) is 0 Å². The first kappa shape index (κ1) is 11.3. The largest absolute Gasteiger partial charge is 0.383 e. The van der Waals surface area contributed by atoms with Crippen LogP contribution in [0.3, 0.4) is 0 Å². The molecule has 0 amide bonds. The molecule has 1 saturated heterocycles. The van der Waals surface area contributed by atoms with Gasteiger partial charge in [-0.2, -0.15) is 0 Å². The van der Waals surface area contributed by atoms with Gasteiger partial charge in [0.15, 0.2) is 5.82 Å². The molecular formula is C10H17N5O. The van der Waals surface area contributed by atoms with Crippen LogP contribution in [0.1, 0.15) is 17.5 Å². The number of rotatable bonds is 2. The lowest BCUT2D eigenvalue weighted by Crippen LogP contribution is -2.36. The topological polar surface area (TPSA) is 90.3 Å². The summed E-state index contributed by atoms with van der Waals surface area (Å²) >= 11 is 0. The molecule has 4 N–H and O–H groups in total. The fourth-order valence-corrected chi connectivity index (χ4v) is 1.68. The summed E-state index contributed by atoms with van der Waals surface area (Å²) < 4.78 is 5.61. The maximum atomic E-state index is 5.77. The molecule has 2 rings (SSSR count). The number of morpholine rings is 1. The Bertz CT molecular complexity index is 370. The maximum absolute atomic E-state index is 5.77. The number of nitrogen functional groups attached to an aromatic ring is 1. The van der Waals surface area contributed by atoms with E-state index in [1.165, 1.54) is 0 Å². The van der Waals surface area contributed by atoms with E-state index in [1.807, 2.05) is 7.05 Å². The molecule has 6 nitrogen and oxygen atoms in total. The lowest BCUT2D eigenvalue weighted by atomic mass is 10.2. The maximum Gasteiger partial charge on any atom is 0.160 e. The van der Waals surface area contributed by atoms with Crippen molar-refractivity contribution in [2.45, 2.75) is 12.6 Å². The van der Waals surface area contributed by atoms with Gasteiger partial charge >= 0.3 is 0 Å². The van der Waals surface area contributed by atoms with Gasteiger partial charge in [-0.3, -0.25) is 0 Å². The molecule has 1 aromatic heterocycles. The summed E-state index contributed by atoms with van der Waals surface area (Å²) in [6.45, 7) is 2.79. The number of hydrogen-bond acceptors (Lipinski definition) is 6. The van der Waals surface area contributed by atoms with Crippen LogP contribution in [0.4, 0.5) is 5.82 Å². The van der Waals surface area contributed by atoms with Crippen molar-refractivity contribution in [2.75, 3.05) is 32.5 Å². The number of aromatic nitrogens is 2. The molecule has 6 heteroatoms. The van der Waals surface area contributed by atoms with E-state index in [-0.39, 0.29) is 6.10 Å². The molecule has 1 aliphatic rings. The summed E-state index contributed by atoms with van der Waals surface area (Å²) in [5.41, 5.74) is 12.0. The van der Waals surface area contributed by atoms with Gasteiger partial charge in [0.2, 0.25) is 0 Å². The molecule has 1 unspecified atom stereocenters. The lowest BCUT2D eigenvalue weighted by Gasteiger charge is -2.29. The second-order valence-electron chi connectivity index (χ2n) is 3.96. The van der Waals surface area contributed by atoms with Crippen molar-refractivity contribution in [1.29, 1.82) is 0 Å². The highest BCUT2D eigenvalue weighted by Crippen LogP contribution is 2.19. The van der Waals surface area contributed by atoms with Gasteiger partial charge in [0, 0.05) is 31.4 Å². The third kappa shape index (κ3) is 2.29. The van der Waals surface area contributed by atoms with Gasteiger partial charge in [-0.05, 0) is 7.05 Å². The summed E-state index contributed by atoms with van der Waals surface area (Å²) in [7, 11) is 2.05. The molecule has 0 saturated carbocycles. The van der Waals surface area contributed by atoms with Gasteiger partial charge in [-0.25, -0.2) is 9.97 Å². The minimum Gasteiger partial charge on any atom is -0.383 e. The van der Waals surface area contributed by atoms with Crippen molar-refractivity contribution < 1.29 is 4.74 Å². The van der Waals surface area contributed by atoms with Crippen molar-refractivity contribution in [2.24, 2.45) is 5.73 Å².